The first-order valence-corrected chi connectivity index (χ1v) is 19.5. The van der Waals surface area contributed by atoms with Crippen molar-refractivity contribution in [2.24, 2.45) is 11.8 Å². The first-order chi connectivity index (χ1) is 26.5. The van der Waals surface area contributed by atoms with Crippen molar-refractivity contribution in [1.29, 1.82) is 0 Å². The molecule has 0 N–H and O–H groups in total. The highest BCUT2D eigenvalue weighted by Crippen LogP contribution is 2.55. The van der Waals surface area contributed by atoms with Gasteiger partial charge in [0.05, 0.1) is 5.52 Å². The Labute approximate surface area is 319 Å². The Morgan fingerprint density at radius 2 is 1.46 bits per heavy atom. The van der Waals surface area contributed by atoms with Crippen LogP contribution in [0.25, 0.3) is 33.3 Å². The Morgan fingerprint density at radius 3 is 2.30 bits per heavy atom. The van der Waals surface area contributed by atoms with Crippen molar-refractivity contribution in [2.75, 3.05) is 4.90 Å². The van der Waals surface area contributed by atoms with Gasteiger partial charge >= 0.3 is 0 Å². The zero-order valence-corrected chi connectivity index (χ0v) is 31.3. The second-order valence-electron chi connectivity index (χ2n) is 16.1. The van der Waals surface area contributed by atoms with Crippen molar-refractivity contribution in [2.45, 2.75) is 51.4 Å². The number of pyridine rings is 1. The molecule has 7 aromatic rings. The molecule has 3 atom stereocenters. The van der Waals surface area contributed by atoms with E-state index in [9.17, 15) is 0 Å². The maximum absolute atomic E-state index is 4.43. The molecule has 0 spiro atoms. The Hall–Kier alpha value is -5.93. The summed E-state index contributed by atoms with van der Waals surface area (Å²) in [6.45, 7) is 7.30. The smallest absolute Gasteiger partial charge is 0.0534 e. The number of hydrogen-bond acceptors (Lipinski definition) is 2. The lowest BCUT2D eigenvalue weighted by Crippen LogP contribution is -2.29. The molecule has 3 aliphatic carbocycles. The van der Waals surface area contributed by atoms with E-state index in [0.717, 1.165) is 24.8 Å². The highest BCUT2D eigenvalue weighted by molar-refractivity contribution is 5.88. The van der Waals surface area contributed by atoms with Crippen LogP contribution >= 0.6 is 0 Å². The molecule has 5 aromatic carbocycles. The summed E-state index contributed by atoms with van der Waals surface area (Å²) in [6.07, 6.45) is 11.6. The minimum Gasteiger partial charge on any atom is -0.314 e. The number of allylic oxidation sites excluding steroid dienone is 4. The molecule has 0 saturated heterocycles. The van der Waals surface area contributed by atoms with Crippen LogP contribution in [0.4, 0.5) is 11.4 Å². The molecule has 3 aliphatic rings. The predicted octanol–water partition coefficient (Wildman–Crippen LogP) is 12.6. The summed E-state index contributed by atoms with van der Waals surface area (Å²) in [4.78, 5) is 6.93. The van der Waals surface area contributed by atoms with E-state index in [4.69, 9.17) is 0 Å². The van der Waals surface area contributed by atoms with Gasteiger partial charge in [0.1, 0.15) is 0 Å². The molecule has 3 heteroatoms. The van der Waals surface area contributed by atoms with Crippen LogP contribution in [0.2, 0.25) is 0 Å². The number of rotatable bonds is 6. The second-order valence-corrected chi connectivity index (χ2v) is 16.1. The van der Waals surface area contributed by atoms with Gasteiger partial charge in [-0.25, -0.2) is 0 Å². The fraction of sp³-hybridized carbons (Fsp3) is 0.196. The number of fused-ring (bicyclic) bond motifs is 6. The van der Waals surface area contributed by atoms with Crippen LogP contribution in [-0.2, 0) is 18.3 Å². The van der Waals surface area contributed by atoms with Crippen LogP contribution in [0, 0.1) is 11.8 Å². The van der Waals surface area contributed by atoms with E-state index < -0.39 is 0 Å². The third-order valence-corrected chi connectivity index (χ3v) is 12.7. The molecule has 3 unspecified atom stereocenters. The SMILES string of the molecule is CC1Cc2c(c3ccccc3n2-c2ccccc2)CC1c1ccc(N(C2=CC=C3c4ccccc4C(C)(C)C3C2)c2cccc(-c3cccnc3)c2)cc1. The van der Waals surface area contributed by atoms with E-state index in [1.54, 1.807) is 0 Å². The van der Waals surface area contributed by atoms with Gasteiger partial charge in [0.2, 0.25) is 0 Å². The maximum atomic E-state index is 4.43. The number of nitrogens with zero attached hydrogens (tertiary/aromatic N) is 3. The Bertz CT molecular complexity index is 2570. The largest absolute Gasteiger partial charge is 0.314 e. The van der Waals surface area contributed by atoms with Crippen LogP contribution < -0.4 is 4.90 Å². The van der Waals surface area contributed by atoms with Gasteiger partial charge in [-0.05, 0) is 130 Å². The van der Waals surface area contributed by atoms with E-state index in [1.807, 2.05) is 18.5 Å². The van der Waals surface area contributed by atoms with Gasteiger partial charge in [0.25, 0.3) is 0 Å². The predicted molar refractivity (Wildman–Crippen MR) is 224 cm³/mol. The number of para-hydroxylation sites is 2. The molecular formula is C51H45N3. The average Bonchev–Trinajstić information content (AvgIpc) is 3.66. The van der Waals surface area contributed by atoms with Gasteiger partial charge in [0, 0.05) is 51.8 Å². The molecule has 3 nitrogen and oxygen atoms in total. The van der Waals surface area contributed by atoms with Crippen molar-refractivity contribution in [1.82, 2.24) is 9.55 Å². The molecule has 54 heavy (non-hydrogen) atoms. The summed E-state index contributed by atoms with van der Waals surface area (Å²) < 4.78 is 2.51. The fourth-order valence-electron chi connectivity index (χ4n) is 9.96. The molecule has 264 valence electrons. The van der Waals surface area contributed by atoms with E-state index in [-0.39, 0.29) is 5.41 Å². The van der Waals surface area contributed by atoms with E-state index in [0.29, 0.717) is 17.8 Å². The second kappa shape index (κ2) is 12.9. The minimum atomic E-state index is 0.0502. The van der Waals surface area contributed by atoms with Crippen LogP contribution in [0.3, 0.4) is 0 Å². The Kier molecular flexibility index (Phi) is 7.80. The normalized spacial score (nSPS) is 19.7. The van der Waals surface area contributed by atoms with Crippen LogP contribution in [0.15, 0.2) is 170 Å². The molecule has 0 fully saturated rings. The summed E-state index contributed by atoms with van der Waals surface area (Å²) in [5.41, 5.74) is 17.3. The van der Waals surface area contributed by atoms with Crippen LogP contribution in [0.5, 0.6) is 0 Å². The minimum absolute atomic E-state index is 0.0502. The fourth-order valence-corrected chi connectivity index (χ4v) is 9.96. The zero-order valence-electron chi connectivity index (χ0n) is 31.3. The molecule has 0 radical (unpaired) electrons. The molecule has 0 aliphatic heterocycles. The van der Waals surface area contributed by atoms with E-state index >= 15 is 0 Å². The van der Waals surface area contributed by atoms with E-state index in [2.05, 4.69) is 181 Å². The number of benzene rings is 5. The molecular weight excluding hydrogens is 655 g/mol. The van der Waals surface area contributed by atoms with Crippen molar-refractivity contribution < 1.29 is 0 Å². The van der Waals surface area contributed by atoms with Gasteiger partial charge in [-0.1, -0.05) is 118 Å². The van der Waals surface area contributed by atoms with Crippen LogP contribution in [-0.4, -0.2) is 9.55 Å². The van der Waals surface area contributed by atoms with Crippen molar-refractivity contribution in [3.63, 3.8) is 0 Å². The van der Waals surface area contributed by atoms with Crippen LogP contribution in [0.1, 0.15) is 61.1 Å². The maximum Gasteiger partial charge on any atom is 0.0534 e. The lowest BCUT2D eigenvalue weighted by molar-refractivity contribution is 0.406. The molecule has 0 amide bonds. The molecule has 2 aromatic heterocycles. The van der Waals surface area contributed by atoms with E-state index in [1.165, 1.54) is 72.7 Å². The summed E-state index contributed by atoms with van der Waals surface area (Å²) in [5.74, 6) is 1.37. The third-order valence-electron chi connectivity index (χ3n) is 12.7. The molecule has 0 saturated carbocycles. The first-order valence-electron chi connectivity index (χ1n) is 19.5. The summed E-state index contributed by atoms with van der Waals surface area (Å²) in [7, 11) is 0. The topological polar surface area (TPSA) is 21.1 Å². The van der Waals surface area contributed by atoms with Gasteiger partial charge in [0.15, 0.2) is 0 Å². The molecule has 2 heterocycles. The third kappa shape index (κ3) is 5.28. The summed E-state index contributed by atoms with van der Waals surface area (Å²) >= 11 is 0. The lowest BCUT2D eigenvalue weighted by atomic mass is 9.73. The standard InChI is InChI=1S/C51H45N3/c1-34-29-50-46(44-19-8-10-21-49(44)54(50)38-15-5-4-6-16-38)32-45(34)35-22-24-39(25-23-35)53(40-17-11-13-36(30-40)37-14-12-28-52-33-37)41-26-27-43-42-18-7-9-20-47(42)51(2,3)48(43)31-41/h4-28,30,33-34,45,48H,29,31-32H2,1-3H3. The quantitative estimate of drug-likeness (QED) is 0.172. The van der Waals surface area contributed by atoms with Gasteiger partial charge < -0.3 is 9.47 Å². The number of aromatic nitrogens is 2. The molecule has 0 bridgehead atoms. The van der Waals surface area contributed by atoms with Gasteiger partial charge in [-0.3, -0.25) is 4.98 Å². The average molecular weight is 700 g/mol. The summed E-state index contributed by atoms with van der Waals surface area (Å²) in [5, 5.41) is 1.39. The summed E-state index contributed by atoms with van der Waals surface area (Å²) in [6, 6.07) is 51.6. The van der Waals surface area contributed by atoms with Crippen molar-refractivity contribution in [3.8, 4) is 16.8 Å². The van der Waals surface area contributed by atoms with Crippen molar-refractivity contribution >= 4 is 27.9 Å². The molecule has 10 rings (SSSR count). The zero-order chi connectivity index (χ0) is 36.4. The van der Waals surface area contributed by atoms with Gasteiger partial charge in [-0.15, -0.1) is 0 Å². The van der Waals surface area contributed by atoms with Gasteiger partial charge in [-0.2, -0.15) is 0 Å². The monoisotopic (exact) mass is 699 g/mol. The lowest BCUT2D eigenvalue weighted by Gasteiger charge is -2.36. The Balaban J connectivity index is 1.03. The highest BCUT2D eigenvalue weighted by Gasteiger charge is 2.44. The first kappa shape index (κ1) is 32.7. The number of hydrogen-bond donors (Lipinski definition) is 0. The van der Waals surface area contributed by atoms with Crippen molar-refractivity contribution in [3.05, 3.63) is 198 Å². The highest BCUT2D eigenvalue weighted by atomic mass is 15.1. The number of anilines is 2. The Morgan fingerprint density at radius 1 is 0.685 bits per heavy atom.